The number of hydrogen-bond donors (Lipinski definition) is 2. The van der Waals surface area contributed by atoms with Crippen molar-refractivity contribution < 1.29 is 23.7 Å². The predicted octanol–water partition coefficient (Wildman–Crippen LogP) is 3.02. The number of benzene rings is 2. The van der Waals surface area contributed by atoms with Gasteiger partial charge in [-0.2, -0.15) is 0 Å². The molecule has 148 valence electrons. The van der Waals surface area contributed by atoms with Crippen molar-refractivity contribution in [3.8, 4) is 0 Å². The zero-order valence-electron chi connectivity index (χ0n) is 15.8. The Balaban J connectivity index is 1.28. The third-order valence-corrected chi connectivity index (χ3v) is 5.44. The minimum Gasteiger partial charge on any atom is -0.388 e. The van der Waals surface area contributed by atoms with E-state index in [1.54, 1.807) is 0 Å². The minimum absolute atomic E-state index is 0.185. The number of rotatable bonds is 4. The lowest BCUT2D eigenvalue weighted by Gasteiger charge is -2.33. The van der Waals surface area contributed by atoms with Crippen LogP contribution in [0, 0.1) is 0 Å². The highest BCUT2D eigenvalue weighted by Gasteiger charge is 2.55. The van der Waals surface area contributed by atoms with E-state index in [-0.39, 0.29) is 18.3 Å². The summed E-state index contributed by atoms with van der Waals surface area (Å²) in [5.74, 6) is 0. The van der Waals surface area contributed by atoms with Crippen LogP contribution in [0.3, 0.4) is 0 Å². The van der Waals surface area contributed by atoms with Gasteiger partial charge in [0.25, 0.3) is 0 Å². The summed E-state index contributed by atoms with van der Waals surface area (Å²) in [5.41, 5.74) is 4.01. The lowest BCUT2D eigenvalue weighted by Crippen LogP contribution is -2.43. The minimum atomic E-state index is -0.457. The van der Waals surface area contributed by atoms with Crippen LogP contribution in [0.15, 0.2) is 48.5 Å². The van der Waals surface area contributed by atoms with E-state index in [0.717, 1.165) is 22.5 Å². The summed E-state index contributed by atoms with van der Waals surface area (Å²) < 4.78 is 30.3. The van der Waals surface area contributed by atoms with Gasteiger partial charge < -0.3 is 34.3 Å². The van der Waals surface area contributed by atoms with Crippen LogP contribution < -0.4 is 10.6 Å². The highest BCUT2D eigenvalue weighted by atomic mass is 16.8. The summed E-state index contributed by atoms with van der Waals surface area (Å²) in [4.78, 5) is 0. The van der Waals surface area contributed by atoms with Gasteiger partial charge in [0.2, 0.25) is 0 Å². The summed E-state index contributed by atoms with van der Waals surface area (Å²) in [6.07, 6.45) is -2.03. The summed E-state index contributed by atoms with van der Waals surface area (Å²) in [7, 11) is 3.78. The second kappa shape index (κ2) is 7.35. The Morgan fingerprint density at radius 3 is 1.86 bits per heavy atom. The Bertz CT molecular complexity index is 813. The van der Waals surface area contributed by atoms with Crippen LogP contribution >= 0.6 is 0 Å². The first kappa shape index (κ1) is 17.9. The Kier molecular flexibility index (Phi) is 4.70. The van der Waals surface area contributed by atoms with Crippen molar-refractivity contribution in [2.24, 2.45) is 0 Å². The molecule has 6 atom stereocenters. The first-order valence-corrected chi connectivity index (χ1v) is 9.54. The van der Waals surface area contributed by atoms with E-state index in [1.165, 1.54) is 0 Å². The SMILES string of the molecule is CNc1ccc(C2OCC3OC4OC(c5ccc(NC)cc5)OC4C3O2)cc1. The molecule has 0 radical (unpaired) electrons. The van der Waals surface area contributed by atoms with Gasteiger partial charge in [-0.15, -0.1) is 0 Å². The lowest BCUT2D eigenvalue weighted by atomic mass is 10.1. The smallest absolute Gasteiger partial charge is 0.190 e. The molecule has 0 saturated carbocycles. The molecular formula is C21H24N2O5. The van der Waals surface area contributed by atoms with E-state index >= 15 is 0 Å². The molecule has 2 aromatic rings. The molecular weight excluding hydrogens is 360 g/mol. The Morgan fingerprint density at radius 2 is 1.25 bits per heavy atom. The van der Waals surface area contributed by atoms with E-state index in [1.807, 2.05) is 62.6 Å². The predicted molar refractivity (Wildman–Crippen MR) is 103 cm³/mol. The average Bonchev–Trinajstić information content (AvgIpc) is 3.32. The van der Waals surface area contributed by atoms with E-state index in [0.29, 0.717) is 6.61 Å². The van der Waals surface area contributed by atoms with Crippen molar-refractivity contribution >= 4 is 11.4 Å². The van der Waals surface area contributed by atoms with Crippen molar-refractivity contribution in [3.05, 3.63) is 59.7 Å². The maximum Gasteiger partial charge on any atom is 0.190 e. The van der Waals surface area contributed by atoms with Crippen LogP contribution in [0.4, 0.5) is 11.4 Å². The van der Waals surface area contributed by atoms with Crippen molar-refractivity contribution in [1.29, 1.82) is 0 Å². The third kappa shape index (κ3) is 3.15. The largest absolute Gasteiger partial charge is 0.388 e. The molecule has 0 bridgehead atoms. The molecule has 7 heteroatoms. The Labute approximate surface area is 163 Å². The first-order valence-electron chi connectivity index (χ1n) is 9.54. The van der Waals surface area contributed by atoms with Crippen LogP contribution in [0.1, 0.15) is 23.7 Å². The van der Waals surface area contributed by atoms with Gasteiger partial charge >= 0.3 is 0 Å². The Hall–Kier alpha value is -2.16. The van der Waals surface area contributed by atoms with E-state index in [2.05, 4.69) is 10.6 Å². The molecule has 3 aliphatic rings. The van der Waals surface area contributed by atoms with Crippen LogP contribution in [0.2, 0.25) is 0 Å². The lowest BCUT2D eigenvalue weighted by molar-refractivity contribution is -0.273. The quantitative estimate of drug-likeness (QED) is 0.840. The molecule has 0 spiro atoms. The zero-order valence-corrected chi connectivity index (χ0v) is 15.8. The summed E-state index contributed by atoms with van der Waals surface area (Å²) in [6, 6.07) is 16.0. The van der Waals surface area contributed by atoms with Crippen LogP contribution in [0.25, 0.3) is 0 Å². The monoisotopic (exact) mass is 384 g/mol. The number of anilines is 2. The molecule has 7 nitrogen and oxygen atoms in total. The van der Waals surface area contributed by atoms with Gasteiger partial charge in [-0.1, -0.05) is 24.3 Å². The van der Waals surface area contributed by atoms with Crippen molar-refractivity contribution in [2.45, 2.75) is 37.2 Å². The van der Waals surface area contributed by atoms with E-state index in [4.69, 9.17) is 23.7 Å². The van der Waals surface area contributed by atoms with E-state index in [9.17, 15) is 0 Å². The van der Waals surface area contributed by atoms with Crippen molar-refractivity contribution in [2.75, 3.05) is 31.3 Å². The fourth-order valence-corrected chi connectivity index (χ4v) is 3.85. The Morgan fingerprint density at radius 1 is 0.679 bits per heavy atom. The van der Waals surface area contributed by atoms with E-state index < -0.39 is 18.9 Å². The molecule has 3 fully saturated rings. The maximum absolute atomic E-state index is 6.22. The number of hydrogen-bond acceptors (Lipinski definition) is 7. The second-order valence-electron chi connectivity index (χ2n) is 7.12. The van der Waals surface area contributed by atoms with Gasteiger partial charge in [0, 0.05) is 36.6 Å². The van der Waals surface area contributed by atoms with Crippen LogP contribution in [-0.4, -0.2) is 45.3 Å². The highest BCUT2D eigenvalue weighted by Crippen LogP contribution is 2.44. The standard InChI is InChI=1S/C21H24N2O5/c1-22-14-7-3-12(4-8-14)19-24-11-16-17(26-19)18-21(25-16)28-20(27-18)13-5-9-15(23-2)10-6-13/h3-10,16-23H,11H2,1-2H3. The fourth-order valence-electron chi connectivity index (χ4n) is 3.85. The second-order valence-corrected chi connectivity index (χ2v) is 7.12. The molecule has 2 aromatic carbocycles. The molecule has 0 aliphatic carbocycles. The van der Waals surface area contributed by atoms with Gasteiger partial charge in [-0.05, 0) is 24.3 Å². The molecule has 6 unspecified atom stereocenters. The van der Waals surface area contributed by atoms with Crippen LogP contribution in [0.5, 0.6) is 0 Å². The zero-order chi connectivity index (χ0) is 19.1. The number of nitrogens with one attached hydrogen (secondary N) is 2. The maximum atomic E-state index is 6.22. The van der Waals surface area contributed by atoms with Crippen LogP contribution in [-0.2, 0) is 23.7 Å². The first-order chi connectivity index (χ1) is 13.7. The molecule has 0 aromatic heterocycles. The summed E-state index contributed by atoms with van der Waals surface area (Å²) >= 11 is 0. The highest BCUT2D eigenvalue weighted by molar-refractivity contribution is 5.44. The molecule has 0 amide bonds. The molecule has 3 saturated heterocycles. The van der Waals surface area contributed by atoms with Gasteiger partial charge in [0.05, 0.1) is 6.61 Å². The topological polar surface area (TPSA) is 70.2 Å². The molecule has 2 N–H and O–H groups in total. The number of fused-ring (bicyclic) bond motifs is 3. The van der Waals surface area contributed by atoms with Gasteiger partial charge in [0.15, 0.2) is 18.9 Å². The summed E-state index contributed by atoms with van der Waals surface area (Å²) in [5, 5.41) is 6.22. The third-order valence-electron chi connectivity index (χ3n) is 5.44. The fraction of sp³-hybridized carbons (Fsp3) is 0.429. The summed E-state index contributed by atoms with van der Waals surface area (Å²) in [6.45, 7) is 0.449. The molecule has 28 heavy (non-hydrogen) atoms. The van der Waals surface area contributed by atoms with Crippen molar-refractivity contribution in [3.63, 3.8) is 0 Å². The molecule has 3 aliphatic heterocycles. The normalized spacial score (nSPS) is 33.9. The average molecular weight is 384 g/mol. The van der Waals surface area contributed by atoms with Gasteiger partial charge in [-0.3, -0.25) is 0 Å². The number of ether oxygens (including phenoxy) is 5. The van der Waals surface area contributed by atoms with Gasteiger partial charge in [0.1, 0.15) is 18.3 Å². The molecule has 3 heterocycles. The molecule has 5 rings (SSSR count). The van der Waals surface area contributed by atoms with Gasteiger partial charge in [-0.25, -0.2) is 0 Å². The van der Waals surface area contributed by atoms with Crippen molar-refractivity contribution in [1.82, 2.24) is 0 Å².